The van der Waals surface area contributed by atoms with Crippen molar-refractivity contribution in [2.24, 2.45) is 0 Å². The van der Waals surface area contributed by atoms with Crippen LogP contribution in [0.5, 0.6) is 11.5 Å². The van der Waals surface area contributed by atoms with E-state index in [0.717, 1.165) is 26.6 Å². The first-order valence-corrected chi connectivity index (χ1v) is 15.2. The predicted molar refractivity (Wildman–Crippen MR) is 175 cm³/mol. The molecule has 4 aromatic carbocycles. The molecule has 1 heterocycles. The molecule has 1 unspecified atom stereocenters. The number of hydrogen-bond donors (Lipinski definition) is 2. The van der Waals surface area contributed by atoms with E-state index < -0.39 is 5.25 Å². The van der Waals surface area contributed by atoms with Crippen LogP contribution >= 0.6 is 23.1 Å². The van der Waals surface area contributed by atoms with Crippen molar-refractivity contribution in [3.05, 3.63) is 119 Å². The van der Waals surface area contributed by atoms with Crippen molar-refractivity contribution >= 4 is 45.7 Å². The lowest BCUT2D eigenvalue weighted by molar-refractivity contribution is -0.115. The average molecular weight is 610 g/mol. The van der Waals surface area contributed by atoms with E-state index in [1.54, 1.807) is 24.3 Å². The minimum absolute atomic E-state index is 0.186. The van der Waals surface area contributed by atoms with Crippen molar-refractivity contribution in [2.45, 2.75) is 24.0 Å². The van der Waals surface area contributed by atoms with Crippen LogP contribution in [0.2, 0.25) is 0 Å². The lowest BCUT2D eigenvalue weighted by Gasteiger charge is -2.17. The molecule has 0 bridgehead atoms. The number of carbonyl (C=O) groups is 2. The lowest BCUT2D eigenvalue weighted by Crippen LogP contribution is -2.19. The molecule has 1 aromatic heterocycles. The van der Waals surface area contributed by atoms with Gasteiger partial charge in [-0.15, -0.1) is 23.1 Å². The summed E-state index contributed by atoms with van der Waals surface area (Å²) in [5.74, 6) is 0.267. The molecule has 5 rings (SSSR count). The number of rotatable bonds is 10. The van der Waals surface area contributed by atoms with Crippen molar-refractivity contribution < 1.29 is 19.1 Å². The summed E-state index contributed by atoms with van der Waals surface area (Å²) in [4.78, 5) is 33.6. The molecule has 1 atom stereocenters. The molecule has 2 amide bonds. The second-order valence-corrected chi connectivity index (χ2v) is 12.1. The fraction of sp³-hybridized carbons (Fsp3) is 0.147. The summed E-state index contributed by atoms with van der Waals surface area (Å²) >= 11 is 2.85. The highest BCUT2D eigenvalue weighted by Gasteiger charge is 2.24. The fourth-order valence-electron chi connectivity index (χ4n) is 4.55. The molecule has 0 saturated carbocycles. The van der Waals surface area contributed by atoms with Crippen molar-refractivity contribution in [1.29, 1.82) is 0 Å². The zero-order chi connectivity index (χ0) is 30.3. The summed E-state index contributed by atoms with van der Waals surface area (Å²) in [6, 6.07) is 30.4. The maximum atomic E-state index is 13.7. The Morgan fingerprint density at radius 1 is 0.814 bits per heavy atom. The van der Waals surface area contributed by atoms with Gasteiger partial charge in [0.25, 0.3) is 5.91 Å². The number of carbonyl (C=O) groups excluding carboxylic acids is 2. The largest absolute Gasteiger partial charge is 0.496 e. The zero-order valence-electron chi connectivity index (χ0n) is 24.2. The van der Waals surface area contributed by atoms with Crippen LogP contribution in [0.1, 0.15) is 31.6 Å². The Kier molecular flexibility index (Phi) is 9.44. The van der Waals surface area contributed by atoms with Gasteiger partial charge in [-0.3, -0.25) is 9.59 Å². The Morgan fingerprint density at radius 3 is 2.16 bits per heavy atom. The molecule has 0 aliphatic carbocycles. The Morgan fingerprint density at radius 2 is 1.49 bits per heavy atom. The van der Waals surface area contributed by atoms with Gasteiger partial charge in [0.15, 0.2) is 5.13 Å². The van der Waals surface area contributed by atoms with Gasteiger partial charge >= 0.3 is 0 Å². The van der Waals surface area contributed by atoms with E-state index >= 15 is 0 Å². The predicted octanol–water partition coefficient (Wildman–Crippen LogP) is 8.17. The van der Waals surface area contributed by atoms with E-state index in [9.17, 15) is 9.59 Å². The van der Waals surface area contributed by atoms with Crippen molar-refractivity contribution in [3.63, 3.8) is 0 Å². The minimum atomic E-state index is -0.562. The maximum absolute atomic E-state index is 13.7. The number of ether oxygens (including phenoxy) is 2. The van der Waals surface area contributed by atoms with Crippen molar-refractivity contribution in [2.75, 3.05) is 24.9 Å². The second-order valence-electron chi connectivity index (χ2n) is 9.71. The second kappa shape index (κ2) is 13.6. The van der Waals surface area contributed by atoms with Crippen LogP contribution < -0.4 is 20.1 Å². The van der Waals surface area contributed by atoms with Gasteiger partial charge in [0.2, 0.25) is 5.91 Å². The van der Waals surface area contributed by atoms with Gasteiger partial charge in [0.1, 0.15) is 22.3 Å². The first kappa shape index (κ1) is 29.9. The van der Waals surface area contributed by atoms with Crippen LogP contribution in [0.4, 0.5) is 10.8 Å². The number of anilines is 2. The molecule has 9 heteroatoms. The number of aromatic nitrogens is 1. The molecule has 0 saturated heterocycles. The van der Waals surface area contributed by atoms with Gasteiger partial charge in [-0.2, -0.15) is 0 Å². The van der Waals surface area contributed by atoms with Crippen LogP contribution in [-0.2, 0) is 4.79 Å². The summed E-state index contributed by atoms with van der Waals surface area (Å²) in [5.41, 5.74) is 4.78. The Balaban J connectivity index is 1.37. The van der Waals surface area contributed by atoms with Crippen molar-refractivity contribution in [1.82, 2.24) is 4.98 Å². The normalized spacial score (nSPS) is 11.4. The molecular weight excluding hydrogens is 579 g/mol. The summed E-state index contributed by atoms with van der Waals surface area (Å²) in [5, 5.41) is 5.97. The topological polar surface area (TPSA) is 89.5 Å². The number of nitrogens with one attached hydrogen (secondary N) is 2. The van der Waals surface area contributed by atoms with Gasteiger partial charge < -0.3 is 20.1 Å². The molecule has 43 heavy (non-hydrogen) atoms. The van der Waals surface area contributed by atoms with Crippen LogP contribution in [0, 0.1) is 13.8 Å². The molecule has 7 nitrogen and oxygen atoms in total. The quantitative estimate of drug-likeness (QED) is 0.155. The van der Waals surface area contributed by atoms with E-state index in [4.69, 9.17) is 14.5 Å². The summed E-state index contributed by atoms with van der Waals surface area (Å²) < 4.78 is 10.8. The van der Waals surface area contributed by atoms with E-state index in [2.05, 4.69) is 22.8 Å². The number of hydrogen-bond acceptors (Lipinski definition) is 7. The minimum Gasteiger partial charge on any atom is -0.496 e. The zero-order valence-corrected chi connectivity index (χ0v) is 25.8. The van der Waals surface area contributed by atoms with Gasteiger partial charge in [-0.1, -0.05) is 72.3 Å². The first-order valence-electron chi connectivity index (χ1n) is 13.6. The molecule has 0 radical (unpaired) electrons. The van der Waals surface area contributed by atoms with Crippen molar-refractivity contribution in [3.8, 4) is 22.8 Å². The Hall–Kier alpha value is -4.60. The highest BCUT2D eigenvalue weighted by atomic mass is 32.2. The molecule has 0 aliphatic rings. The molecule has 218 valence electrons. The molecule has 0 aliphatic heterocycles. The van der Waals surface area contributed by atoms with Gasteiger partial charge in [-0.25, -0.2) is 4.98 Å². The maximum Gasteiger partial charge on any atom is 0.263 e. The number of aryl methyl sites for hydroxylation is 2. The van der Waals surface area contributed by atoms with Crippen LogP contribution in [-0.4, -0.2) is 31.0 Å². The fourth-order valence-corrected chi connectivity index (χ4v) is 6.47. The monoisotopic (exact) mass is 609 g/mol. The van der Waals surface area contributed by atoms with E-state index in [0.29, 0.717) is 27.9 Å². The third-order valence-corrected chi connectivity index (χ3v) is 8.83. The number of amides is 2. The van der Waals surface area contributed by atoms with Gasteiger partial charge in [0, 0.05) is 21.0 Å². The van der Waals surface area contributed by atoms with Crippen LogP contribution in [0.25, 0.3) is 11.3 Å². The molecule has 0 fully saturated rings. The first-order chi connectivity index (χ1) is 20.9. The standard InChI is InChI=1S/C34H31N3O4S2/c1-21-16-18-23(19-17-21)30-22(2)42-34(36-30)37-33(39)31(24-10-6-5-7-11-24)43-26-13-8-12-25(20-26)35-32(38)29-27(40-3)14-9-15-28(29)41-4/h5-20,31H,1-4H3,(H,35,38)(H,36,37,39). The van der Waals surface area contributed by atoms with E-state index in [-0.39, 0.29) is 11.8 Å². The lowest BCUT2D eigenvalue weighted by atomic mass is 10.1. The summed E-state index contributed by atoms with van der Waals surface area (Å²) in [6.45, 7) is 4.05. The summed E-state index contributed by atoms with van der Waals surface area (Å²) in [7, 11) is 3.02. The Labute approximate surface area is 259 Å². The van der Waals surface area contributed by atoms with Crippen LogP contribution in [0.3, 0.4) is 0 Å². The highest BCUT2D eigenvalue weighted by Crippen LogP contribution is 2.39. The van der Waals surface area contributed by atoms with E-state index in [1.807, 2.05) is 74.5 Å². The molecule has 0 spiro atoms. The molecular formula is C34H31N3O4S2. The molecule has 5 aromatic rings. The third-order valence-electron chi connectivity index (χ3n) is 6.69. The number of nitrogens with zero attached hydrogens (tertiary/aromatic N) is 1. The highest BCUT2D eigenvalue weighted by molar-refractivity contribution is 8.00. The number of benzene rings is 4. The smallest absolute Gasteiger partial charge is 0.263 e. The average Bonchev–Trinajstić information content (AvgIpc) is 3.39. The number of thioether (sulfide) groups is 1. The van der Waals surface area contributed by atoms with E-state index in [1.165, 1.54) is 42.9 Å². The summed E-state index contributed by atoms with van der Waals surface area (Å²) in [6.07, 6.45) is 0. The molecule has 2 N–H and O–H groups in total. The number of thiazole rings is 1. The number of methoxy groups -OCH3 is 2. The van der Waals surface area contributed by atoms with Gasteiger partial charge in [0.05, 0.1) is 19.9 Å². The Bertz CT molecular complexity index is 1710. The van der Waals surface area contributed by atoms with Crippen LogP contribution in [0.15, 0.2) is 102 Å². The van der Waals surface area contributed by atoms with Gasteiger partial charge in [-0.05, 0) is 49.7 Å². The SMILES string of the molecule is COc1cccc(OC)c1C(=O)Nc1cccc(SC(C(=O)Nc2nc(-c3ccc(C)cc3)c(C)s2)c2ccccc2)c1. The third kappa shape index (κ3) is 7.07.